The molecule has 0 aliphatic carbocycles. The number of rotatable bonds is 3. The second-order valence-electron chi connectivity index (χ2n) is 9.12. The van der Waals surface area contributed by atoms with Crippen molar-refractivity contribution in [2.75, 3.05) is 7.05 Å². The molecule has 0 aliphatic heterocycles. The van der Waals surface area contributed by atoms with Gasteiger partial charge in [0.1, 0.15) is 0 Å². The van der Waals surface area contributed by atoms with Crippen LogP contribution in [0.5, 0.6) is 0 Å². The summed E-state index contributed by atoms with van der Waals surface area (Å²) in [5, 5.41) is 6.26. The summed E-state index contributed by atoms with van der Waals surface area (Å²) in [5.74, 6) is 0. The molecule has 0 bridgehead atoms. The Morgan fingerprint density at radius 2 is 1.48 bits per heavy atom. The third-order valence-electron chi connectivity index (χ3n) is 5.75. The average Bonchev–Trinajstić information content (AvgIpc) is 2.92. The second-order valence-corrected chi connectivity index (χ2v) is 9.53. The van der Waals surface area contributed by atoms with Crippen molar-refractivity contribution in [1.82, 2.24) is 5.32 Å². The van der Waals surface area contributed by atoms with Gasteiger partial charge in [-0.1, -0.05) is 103 Å². The first kappa shape index (κ1) is 34.3. The minimum atomic E-state index is -4.21. The maximum absolute atomic E-state index is 11.9. The molecule has 0 fully saturated rings. The van der Waals surface area contributed by atoms with E-state index in [9.17, 15) is 13.2 Å². The van der Waals surface area contributed by atoms with Gasteiger partial charge in [-0.05, 0) is 97.6 Å². The Morgan fingerprint density at radius 1 is 0.875 bits per heavy atom. The van der Waals surface area contributed by atoms with E-state index in [1.165, 1.54) is 39.6 Å². The van der Waals surface area contributed by atoms with E-state index in [4.69, 9.17) is 11.6 Å². The number of fused-ring (bicyclic) bond motifs is 1. The van der Waals surface area contributed by atoms with Crippen LogP contribution in [0.15, 0.2) is 104 Å². The Hall–Kier alpha value is -3.76. The fourth-order valence-electron chi connectivity index (χ4n) is 3.29. The average molecular weight is 566 g/mol. The van der Waals surface area contributed by atoms with Gasteiger partial charge in [-0.25, -0.2) is 0 Å². The first-order valence-corrected chi connectivity index (χ1v) is 13.2. The third-order valence-corrected chi connectivity index (χ3v) is 6.18. The maximum Gasteiger partial charge on any atom is 0.416 e. The predicted octanol–water partition coefficient (Wildman–Crippen LogP) is 11.2. The van der Waals surface area contributed by atoms with Crippen molar-refractivity contribution in [3.05, 3.63) is 142 Å². The zero-order valence-electron chi connectivity index (χ0n) is 24.2. The summed E-state index contributed by atoms with van der Waals surface area (Å²) < 4.78 is 35.8. The number of nitrogens with one attached hydrogen (secondary N) is 1. The molecule has 212 valence electrons. The van der Waals surface area contributed by atoms with Crippen molar-refractivity contribution < 1.29 is 13.2 Å². The van der Waals surface area contributed by atoms with Gasteiger partial charge in [-0.2, -0.15) is 13.2 Å². The van der Waals surface area contributed by atoms with Crippen molar-refractivity contribution in [2.45, 2.75) is 40.8 Å². The van der Waals surface area contributed by atoms with Crippen LogP contribution in [0.25, 0.3) is 22.9 Å². The van der Waals surface area contributed by atoms with Gasteiger partial charge in [0.2, 0.25) is 0 Å². The number of alkyl halides is 3. The number of aryl methyl sites for hydroxylation is 3. The van der Waals surface area contributed by atoms with Gasteiger partial charge in [0.05, 0.1) is 5.56 Å². The van der Waals surface area contributed by atoms with Gasteiger partial charge in [-0.3, -0.25) is 0 Å². The fourth-order valence-corrected chi connectivity index (χ4v) is 3.43. The molecule has 0 aliphatic rings. The lowest BCUT2D eigenvalue weighted by molar-refractivity contribution is -0.137. The Morgan fingerprint density at radius 3 is 1.93 bits per heavy atom. The summed E-state index contributed by atoms with van der Waals surface area (Å²) >= 11 is 5.71. The molecule has 4 rings (SSSR count). The molecule has 0 spiro atoms. The third kappa shape index (κ3) is 12.0. The van der Waals surface area contributed by atoms with Gasteiger partial charge < -0.3 is 5.32 Å². The monoisotopic (exact) mass is 565 g/mol. The Balaban J connectivity index is 0.000000290. The highest BCUT2D eigenvalue weighted by Gasteiger charge is 2.29. The van der Waals surface area contributed by atoms with Gasteiger partial charge in [0, 0.05) is 12.1 Å². The maximum atomic E-state index is 11.9. The molecule has 40 heavy (non-hydrogen) atoms. The molecular weight excluding hydrogens is 527 g/mol. The summed E-state index contributed by atoms with van der Waals surface area (Å²) in [7, 11) is 1.85. The highest BCUT2D eigenvalue weighted by Crippen LogP contribution is 2.29. The van der Waals surface area contributed by atoms with Crippen LogP contribution in [0.2, 0.25) is 5.02 Å². The minimum absolute atomic E-state index is 0.594. The van der Waals surface area contributed by atoms with Crippen molar-refractivity contribution in [3.63, 3.8) is 0 Å². The van der Waals surface area contributed by atoms with Gasteiger partial charge in [-0.15, -0.1) is 0 Å². The van der Waals surface area contributed by atoms with Crippen LogP contribution in [-0.2, 0) is 6.18 Å². The summed E-state index contributed by atoms with van der Waals surface area (Å²) in [6, 6.07) is 23.6. The largest absolute Gasteiger partial charge is 0.416 e. The van der Waals surface area contributed by atoms with Gasteiger partial charge >= 0.3 is 6.18 Å². The zero-order chi connectivity index (χ0) is 30.3. The quantitative estimate of drug-likeness (QED) is 0.260. The molecule has 0 heterocycles. The zero-order valence-corrected chi connectivity index (χ0v) is 24.9. The van der Waals surface area contributed by atoms with E-state index < -0.39 is 11.7 Å². The lowest BCUT2D eigenvalue weighted by atomic mass is 9.98. The molecule has 0 saturated heterocycles. The molecule has 0 radical (unpaired) electrons. The molecule has 5 heteroatoms. The number of hydrogen-bond donors (Lipinski definition) is 1. The SMILES string of the molecule is C=C(C)NC.C=Cc1ccc2c(/C=C\C)c(C)ccc2c1.Cc1ccc(C(F)(F)F)cc1.Cc1ccccc1Cl. The number of hydrogen-bond acceptors (Lipinski definition) is 1. The predicted molar refractivity (Wildman–Crippen MR) is 170 cm³/mol. The lowest BCUT2D eigenvalue weighted by Gasteiger charge is -2.07. The van der Waals surface area contributed by atoms with Crippen LogP contribution in [0.1, 0.15) is 47.2 Å². The van der Waals surface area contributed by atoms with Crippen LogP contribution < -0.4 is 5.32 Å². The molecule has 0 aromatic heterocycles. The molecular formula is C35H39ClF3N. The molecule has 4 aromatic rings. The van der Waals surface area contributed by atoms with E-state index in [2.05, 4.69) is 74.8 Å². The Bertz CT molecular complexity index is 1380. The number of halogens is 4. The summed E-state index contributed by atoms with van der Waals surface area (Å²) in [4.78, 5) is 0. The van der Waals surface area contributed by atoms with Crippen LogP contribution in [0.4, 0.5) is 13.2 Å². The second kappa shape index (κ2) is 17.0. The Labute approximate surface area is 242 Å². The van der Waals surface area contributed by atoms with Crippen molar-refractivity contribution >= 4 is 34.5 Å². The topological polar surface area (TPSA) is 12.0 Å². The highest BCUT2D eigenvalue weighted by molar-refractivity contribution is 6.31. The molecule has 1 nitrogen and oxygen atoms in total. The minimum Gasteiger partial charge on any atom is -0.392 e. The van der Waals surface area contributed by atoms with Gasteiger partial charge in [0.15, 0.2) is 0 Å². The standard InChI is InChI=1S/C16H16.C8H7F3.C7H7Cl.C4H9N/c1-4-6-15-12(3)7-9-14-11-13(5-2)8-10-16(14)15;1-6-2-4-7(5-3-6)8(9,10)11;1-6-4-2-3-5-7(6)8;1-4(2)5-3/h4-11H,2H2,1,3H3;2-5H,1H3;2-5H,1H3;5H,1H2,2-3H3/b6-4-;;;. The first-order valence-electron chi connectivity index (χ1n) is 12.8. The molecule has 0 amide bonds. The van der Waals surface area contributed by atoms with Crippen LogP contribution in [0, 0.1) is 20.8 Å². The van der Waals surface area contributed by atoms with E-state index in [0.29, 0.717) is 0 Å². The van der Waals surface area contributed by atoms with E-state index in [0.717, 1.165) is 34.0 Å². The fraction of sp³-hybridized carbons (Fsp3) is 0.200. The van der Waals surface area contributed by atoms with Crippen molar-refractivity contribution in [1.29, 1.82) is 0 Å². The Kier molecular flexibility index (Phi) is 14.6. The normalized spacial score (nSPS) is 10.3. The lowest BCUT2D eigenvalue weighted by Crippen LogP contribution is -2.03. The van der Waals surface area contributed by atoms with E-state index in [1.54, 1.807) is 6.92 Å². The number of allylic oxidation sites excluding steroid dienone is 2. The molecule has 0 unspecified atom stereocenters. The van der Waals surface area contributed by atoms with Crippen LogP contribution in [0.3, 0.4) is 0 Å². The highest BCUT2D eigenvalue weighted by atomic mass is 35.5. The van der Waals surface area contributed by atoms with Gasteiger partial charge in [0.25, 0.3) is 0 Å². The van der Waals surface area contributed by atoms with E-state index in [-0.39, 0.29) is 0 Å². The van der Waals surface area contributed by atoms with E-state index in [1.807, 2.05) is 51.2 Å². The summed E-state index contributed by atoms with van der Waals surface area (Å²) in [5.41, 5.74) is 6.18. The van der Waals surface area contributed by atoms with Crippen LogP contribution in [-0.4, -0.2) is 7.05 Å². The van der Waals surface area contributed by atoms with Crippen LogP contribution >= 0.6 is 11.6 Å². The van der Waals surface area contributed by atoms with Crippen molar-refractivity contribution in [3.8, 4) is 0 Å². The molecule has 0 atom stereocenters. The van der Waals surface area contributed by atoms with E-state index >= 15 is 0 Å². The molecule has 4 aromatic carbocycles. The molecule has 1 N–H and O–H groups in total. The summed E-state index contributed by atoms with van der Waals surface area (Å²) in [6.07, 6.45) is 1.93. The summed E-state index contributed by atoms with van der Waals surface area (Å²) in [6.45, 7) is 17.2. The molecule has 0 saturated carbocycles. The van der Waals surface area contributed by atoms with Crippen molar-refractivity contribution in [2.24, 2.45) is 0 Å². The number of benzene rings is 4. The first-order chi connectivity index (χ1) is 18.8. The smallest absolute Gasteiger partial charge is 0.392 e.